The second kappa shape index (κ2) is 4.94. The second-order valence-electron chi connectivity index (χ2n) is 2.17. The lowest BCUT2D eigenvalue weighted by atomic mass is 10.5. The average molecular weight is 217 g/mol. The molecule has 0 saturated carbocycles. The Morgan fingerprint density at radius 3 is 2.54 bits per heavy atom. The van der Waals surface area contributed by atoms with Gasteiger partial charge in [-0.25, -0.2) is 9.97 Å². The molecular weight excluding hydrogens is 208 g/mol. The fourth-order valence-electron chi connectivity index (χ4n) is 0.686. The third-order valence-electron chi connectivity index (χ3n) is 1.14. The Kier molecular flexibility index (Phi) is 3.85. The number of thioether (sulfide) groups is 1. The van der Waals surface area contributed by atoms with Crippen molar-refractivity contribution in [1.29, 1.82) is 0 Å². The number of anilines is 2. The Labute approximate surface area is 85.4 Å². The zero-order valence-corrected chi connectivity index (χ0v) is 8.35. The third kappa shape index (κ3) is 3.52. The van der Waals surface area contributed by atoms with Gasteiger partial charge in [0.15, 0.2) is 5.16 Å². The Hall–Kier alpha value is -0.940. The Morgan fingerprint density at radius 1 is 1.38 bits per heavy atom. The summed E-state index contributed by atoms with van der Waals surface area (Å²) in [6.45, 7) is 0. The van der Waals surface area contributed by atoms with E-state index in [1.165, 1.54) is 23.4 Å². The largest absolute Gasteiger partial charge is 0.383 e. The van der Waals surface area contributed by atoms with E-state index in [9.17, 15) is 0 Å². The highest BCUT2D eigenvalue weighted by molar-refractivity contribution is 7.99. The molecule has 1 aromatic rings. The van der Waals surface area contributed by atoms with Gasteiger partial charge in [0.1, 0.15) is 11.6 Å². The summed E-state index contributed by atoms with van der Waals surface area (Å²) >= 11 is 6.77. The van der Waals surface area contributed by atoms with E-state index in [1.54, 1.807) is 6.08 Å². The Morgan fingerprint density at radius 2 is 2.00 bits per heavy atom. The molecule has 0 spiro atoms. The smallest absolute Gasteiger partial charge is 0.191 e. The molecule has 4 N–H and O–H groups in total. The lowest BCUT2D eigenvalue weighted by Gasteiger charge is -1.99. The molecule has 0 aromatic carbocycles. The highest BCUT2D eigenvalue weighted by Crippen LogP contribution is 2.16. The van der Waals surface area contributed by atoms with Gasteiger partial charge in [-0.1, -0.05) is 29.4 Å². The maximum atomic E-state index is 5.48. The summed E-state index contributed by atoms with van der Waals surface area (Å²) in [6.07, 6.45) is 1.79. The topological polar surface area (TPSA) is 77.8 Å². The van der Waals surface area contributed by atoms with Gasteiger partial charge in [0, 0.05) is 17.4 Å². The van der Waals surface area contributed by atoms with Crippen molar-refractivity contribution >= 4 is 35.0 Å². The summed E-state index contributed by atoms with van der Waals surface area (Å²) in [7, 11) is 0. The fourth-order valence-corrected chi connectivity index (χ4v) is 1.56. The van der Waals surface area contributed by atoms with Crippen molar-refractivity contribution in [3.8, 4) is 0 Å². The van der Waals surface area contributed by atoms with Crippen LogP contribution in [0.5, 0.6) is 0 Å². The molecule has 0 atom stereocenters. The van der Waals surface area contributed by atoms with Crippen molar-refractivity contribution in [2.24, 2.45) is 0 Å². The number of hydrogen-bond acceptors (Lipinski definition) is 5. The minimum atomic E-state index is 0.379. The first-order chi connectivity index (χ1) is 6.22. The van der Waals surface area contributed by atoms with E-state index in [-0.39, 0.29) is 0 Å². The van der Waals surface area contributed by atoms with Gasteiger partial charge in [0.25, 0.3) is 0 Å². The van der Waals surface area contributed by atoms with Crippen molar-refractivity contribution in [2.75, 3.05) is 17.2 Å². The first-order valence-corrected chi connectivity index (χ1v) is 4.92. The molecule has 4 nitrogen and oxygen atoms in total. The average Bonchev–Trinajstić information content (AvgIpc) is 2.03. The zero-order chi connectivity index (χ0) is 9.68. The van der Waals surface area contributed by atoms with Gasteiger partial charge in [-0.3, -0.25) is 0 Å². The molecular formula is C7H9ClN4S. The molecule has 0 aliphatic carbocycles. The van der Waals surface area contributed by atoms with Crippen LogP contribution in [0.1, 0.15) is 0 Å². The van der Waals surface area contributed by atoms with Crippen LogP contribution in [0.3, 0.4) is 0 Å². The molecule has 0 aliphatic rings. The monoisotopic (exact) mass is 216 g/mol. The van der Waals surface area contributed by atoms with Crippen LogP contribution < -0.4 is 11.5 Å². The van der Waals surface area contributed by atoms with Crippen LogP contribution in [-0.2, 0) is 0 Å². The molecule has 0 amide bonds. The summed E-state index contributed by atoms with van der Waals surface area (Å²) in [5.74, 6) is 1.46. The van der Waals surface area contributed by atoms with Gasteiger partial charge in [0.2, 0.25) is 0 Å². The number of nitrogen functional groups attached to an aromatic ring is 2. The van der Waals surface area contributed by atoms with Crippen LogP contribution in [0.4, 0.5) is 11.6 Å². The van der Waals surface area contributed by atoms with E-state index in [2.05, 4.69) is 9.97 Å². The van der Waals surface area contributed by atoms with Gasteiger partial charge >= 0.3 is 0 Å². The first-order valence-electron chi connectivity index (χ1n) is 3.50. The maximum Gasteiger partial charge on any atom is 0.191 e. The fraction of sp³-hybridized carbons (Fsp3) is 0.143. The quantitative estimate of drug-likeness (QED) is 0.591. The van der Waals surface area contributed by atoms with E-state index in [1.807, 2.05) is 0 Å². The zero-order valence-electron chi connectivity index (χ0n) is 6.77. The van der Waals surface area contributed by atoms with Crippen LogP contribution in [0, 0.1) is 0 Å². The van der Waals surface area contributed by atoms with Crippen LogP contribution >= 0.6 is 23.4 Å². The third-order valence-corrected chi connectivity index (χ3v) is 2.12. The molecule has 70 valence electrons. The number of nitrogens with zero attached hydrogens (tertiary/aromatic N) is 2. The summed E-state index contributed by atoms with van der Waals surface area (Å²) in [5.41, 5.74) is 12.4. The molecule has 6 heteroatoms. The standard InChI is InChI=1S/C7H9ClN4S/c8-2-1-3-13-7-11-5(9)4-6(10)12-7/h1-2,4H,3H2,(H4,9,10,11,12). The molecule has 0 fully saturated rings. The molecule has 1 aromatic heterocycles. The van der Waals surface area contributed by atoms with Crippen molar-refractivity contribution in [2.45, 2.75) is 5.16 Å². The SMILES string of the molecule is Nc1cc(N)nc(SCC=CCl)n1. The number of aromatic nitrogens is 2. The number of rotatable bonds is 3. The molecule has 13 heavy (non-hydrogen) atoms. The Bertz CT molecular complexity index is 295. The summed E-state index contributed by atoms with van der Waals surface area (Å²) in [5, 5.41) is 0.562. The van der Waals surface area contributed by atoms with Crippen LogP contribution in [0.2, 0.25) is 0 Å². The van der Waals surface area contributed by atoms with Crippen LogP contribution in [0.25, 0.3) is 0 Å². The van der Waals surface area contributed by atoms with Crippen molar-refractivity contribution in [3.05, 3.63) is 17.7 Å². The first kappa shape index (κ1) is 10.1. The number of halogens is 1. The Balaban J connectivity index is 2.66. The lowest BCUT2D eigenvalue weighted by molar-refractivity contribution is 0.987. The lowest BCUT2D eigenvalue weighted by Crippen LogP contribution is -1.99. The van der Waals surface area contributed by atoms with Gasteiger partial charge in [-0.2, -0.15) is 0 Å². The van der Waals surface area contributed by atoms with Crippen LogP contribution in [0.15, 0.2) is 22.8 Å². The van der Waals surface area contributed by atoms with Crippen molar-refractivity contribution in [3.63, 3.8) is 0 Å². The molecule has 0 aliphatic heterocycles. The van der Waals surface area contributed by atoms with E-state index >= 15 is 0 Å². The minimum Gasteiger partial charge on any atom is -0.383 e. The highest BCUT2D eigenvalue weighted by atomic mass is 35.5. The summed E-state index contributed by atoms with van der Waals surface area (Å²) in [6, 6.07) is 1.52. The number of nitrogens with two attached hydrogens (primary N) is 2. The van der Waals surface area contributed by atoms with E-state index in [0.717, 1.165) is 0 Å². The molecule has 0 radical (unpaired) electrons. The summed E-state index contributed by atoms with van der Waals surface area (Å²) in [4.78, 5) is 7.96. The minimum absolute atomic E-state index is 0.379. The molecule has 0 saturated heterocycles. The van der Waals surface area contributed by atoms with Gasteiger partial charge < -0.3 is 11.5 Å². The summed E-state index contributed by atoms with van der Waals surface area (Å²) < 4.78 is 0. The van der Waals surface area contributed by atoms with Gasteiger partial charge in [-0.15, -0.1) is 0 Å². The molecule has 0 bridgehead atoms. The molecule has 0 unspecified atom stereocenters. The van der Waals surface area contributed by atoms with Crippen molar-refractivity contribution in [1.82, 2.24) is 9.97 Å². The second-order valence-corrected chi connectivity index (χ2v) is 3.41. The van der Waals surface area contributed by atoms with Gasteiger partial charge in [0.05, 0.1) is 0 Å². The predicted molar refractivity (Wildman–Crippen MR) is 56.6 cm³/mol. The predicted octanol–water partition coefficient (Wildman–Crippen LogP) is 1.49. The molecule has 1 heterocycles. The van der Waals surface area contributed by atoms with Gasteiger partial charge in [-0.05, 0) is 0 Å². The van der Waals surface area contributed by atoms with Crippen LogP contribution in [-0.4, -0.2) is 15.7 Å². The molecule has 1 rings (SSSR count). The van der Waals surface area contributed by atoms with E-state index in [0.29, 0.717) is 22.5 Å². The van der Waals surface area contributed by atoms with E-state index < -0.39 is 0 Å². The van der Waals surface area contributed by atoms with Crippen molar-refractivity contribution < 1.29 is 0 Å². The van der Waals surface area contributed by atoms with E-state index in [4.69, 9.17) is 23.1 Å². The maximum absolute atomic E-state index is 5.48. The normalized spacial score (nSPS) is 10.8. The number of hydrogen-bond donors (Lipinski definition) is 2. The highest BCUT2D eigenvalue weighted by Gasteiger charge is 1.99.